The van der Waals surface area contributed by atoms with Gasteiger partial charge in [0.05, 0.1) is 11.1 Å². The van der Waals surface area contributed by atoms with E-state index in [0.717, 1.165) is 12.6 Å². The minimum Gasteiger partial charge on any atom is -0.358 e. The molecule has 0 unspecified atom stereocenters. The molecular weight excluding hydrogens is 262 g/mol. The normalized spacial score (nSPS) is 10.2. The zero-order valence-corrected chi connectivity index (χ0v) is 11.7. The number of hydrogen-bond acceptors (Lipinski definition) is 5. The van der Waals surface area contributed by atoms with Gasteiger partial charge in [-0.15, -0.1) is 0 Å². The van der Waals surface area contributed by atoms with Gasteiger partial charge in [0, 0.05) is 6.42 Å². The van der Waals surface area contributed by atoms with Gasteiger partial charge in [0.25, 0.3) is 5.91 Å². The molecule has 20 heavy (non-hydrogen) atoms. The number of amides is 2. The summed E-state index contributed by atoms with van der Waals surface area (Å²) >= 11 is 0. The van der Waals surface area contributed by atoms with E-state index in [1.807, 2.05) is 6.92 Å². The molecule has 0 spiro atoms. The average Bonchev–Trinajstić information content (AvgIpc) is 2.38. The van der Waals surface area contributed by atoms with Gasteiger partial charge in [0.15, 0.2) is 6.20 Å². The number of pyridine rings is 1. The highest BCUT2D eigenvalue weighted by atomic mass is 16.6. The number of nitrogens with zero attached hydrogens (tertiary/aromatic N) is 2. The molecule has 0 bridgehead atoms. The van der Waals surface area contributed by atoms with E-state index in [4.69, 9.17) is 0 Å². The van der Waals surface area contributed by atoms with Gasteiger partial charge in [0.1, 0.15) is 0 Å². The molecule has 0 aliphatic carbocycles. The van der Waals surface area contributed by atoms with E-state index >= 15 is 0 Å². The van der Waals surface area contributed by atoms with Gasteiger partial charge in [-0.05, 0) is 35.7 Å². The van der Waals surface area contributed by atoms with Crippen molar-refractivity contribution in [1.82, 2.24) is 10.3 Å². The van der Waals surface area contributed by atoms with E-state index in [1.54, 1.807) is 6.92 Å². The van der Waals surface area contributed by atoms with Gasteiger partial charge in [-0.1, -0.05) is 13.3 Å². The number of rotatable bonds is 5. The predicted octanol–water partition coefficient (Wildman–Crippen LogP) is 2.05. The van der Waals surface area contributed by atoms with Gasteiger partial charge in [-0.25, -0.2) is 0 Å². The van der Waals surface area contributed by atoms with Crippen molar-refractivity contribution in [3.63, 3.8) is 0 Å². The summed E-state index contributed by atoms with van der Waals surface area (Å²) in [6.07, 6.45) is 2.97. The second kappa shape index (κ2) is 6.74. The highest BCUT2D eigenvalue weighted by molar-refractivity contribution is 6.05. The van der Waals surface area contributed by atoms with Crippen LogP contribution in [0.4, 0.5) is 5.82 Å². The second-order valence-corrected chi connectivity index (χ2v) is 4.48. The fourth-order valence-corrected chi connectivity index (χ4v) is 1.70. The van der Waals surface area contributed by atoms with Crippen molar-refractivity contribution < 1.29 is 14.5 Å². The van der Waals surface area contributed by atoms with Crippen LogP contribution in [0.1, 0.15) is 47.7 Å². The minimum absolute atomic E-state index is 0.179. The van der Waals surface area contributed by atoms with Gasteiger partial charge in [-0.3, -0.25) is 14.9 Å². The van der Waals surface area contributed by atoms with Crippen LogP contribution in [0.2, 0.25) is 0 Å². The van der Waals surface area contributed by atoms with Crippen molar-refractivity contribution >= 4 is 17.6 Å². The number of unbranched alkanes of at least 4 members (excludes halogenated alkanes) is 1. The summed E-state index contributed by atoms with van der Waals surface area (Å²) in [5, 5.41) is 13.0. The van der Waals surface area contributed by atoms with E-state index in [9.17, 15) is 19.7 Å². The first-order valence-electron chi connectivity index (χ1n) is 6.33. The zero-order valence-electron chi connectivity index (χ0n) is 11.7. The van der Waals surface area contributed by atoms with Crippen LogP contribution in [0, 0.1) is 24.0 Å². The molecule has 7 nitrogen and oxygen atoms in total. The Morgan fingerprint density at radius 2 is 2.00 bits per heavy atom. The zero-order chi connectivity index (χ0) is 15.3. The maximum absolute atomic E-state index is 11.9. The largest absolute Gasteiger partial charge is 0.366 e. The smallest absolute Gasteiger partial charge is 0.358 e. The van der Waals surface area contributed by atoms with Crippen molar-refractivity contribution in [3.05, 3.63) is 33.0 Å². The summed E-state index contributed by atoms with van der Waals surface area (Å²) in [4.78, 5) is 37.2. The van der Waals surface area contributed by atoms with Crippen LogP contribution in [0.25, 0.3) is 0 Å². The third-order valence-electron chi connectivity index (χ3n) is 3.05. The molecule has 7 heteroatoms. The van der Waals surface area contributed by atoms with Crippen LogP contribution in [0.15, 0.2) is 6.20 Å². The van der Waals surface area contributed by atoms with Crippen molar-refractivity contribution in [1.29, 1.82) is 0 Å². The van der Waals surface area contributed by atoms with Crippen LogP contribution in [-0.2, 0) is 4.79 Å². The number of imide groups is 1. The van der Waals surface area contributed by atoms with Crippen molar-refractivity contribution in [2.75, 3.05) is 0 Å². The number of nitrogens with one attached hydrogen (secondary N) is 1. The molecule has 1 rings (SSSR count). The predicted molar refractivity (Wildman–Crippen MR) is 72.4 cm³/mol. The topological polar surface area (TPSA) is 102 Å². The van der Waals surface area contributed by atoms with Crippen molar-refractivity contribution in [2.45, 2.75) is 40.0 Å². The Hall–Kier alpha value is -2.31. The highest BCUT2D eigenvalue weighted by Gasteiger charge is 2.21. The first kappa shape index (κ1) is 15.7. The molecule has 108 valence electrons. The van der Waals surface area contributed by atoms with Crippen molar-refractivity contribution in [3.8, 4) is 0 Å². The van der Waals surface area contributed by atoms with E-state index in [2.05, 4.69) is 10.3 Å². The molecule has 0 aliphatic heterocycles. The Bertz CT molecular complexity index is 555. The molecule has 0 saturated carbocycles. The summed E-state index contributed by atoms with van der Waals surface area (Å²) in [5.41, 5.74) is 0.953. The monoisotopic (exact) mass is 279 g/mol. The summed E-state index contributed by atoms with van der Waals surface area (Å²) in [6, 6.07) is 0. The van der Waals surface area contributed by atoms with E-state index in [1.165, 1.54) is 6.92 Å². The first-order valence-corrected chi connectivity index (χ1v) is 6.33. The Kier molecular flexibility index (Phi) is 5.31. The SMILES string of the molecule is CCCCC(=O)NC(=O)c1cnc([N+](=O)[O-])c(C)c1C. The lowest BCUT2D eigenvalue weighted by atomic mass is 10.1. The molecule has 1 aromatic rings. The maximum atomic E-state index is 11.9. The molecule has 1 N–H and O–H groups in total. The standard InChI is InChI=1S/C13H17N3O4/c1-4-5-6-11(17)15-13(18)10-7-14-12(16(19)20)9(3)8(10)2/h7H,4-6H2,1-3H3,(H,15,17,18). The Balaban J connectivity index is 2.92. The summed E-state index contributed by atoms with van der Waals surface area (Å²) in [7, 11) is 0. The molecule has 0 aliphatic rings. The number of nitro groups is 1. The maximum Gasteiger partial charge on any atom is 0.366 e. The summed E-state index contributed by atoms with van der Waals surface area (Å²) < 4.78 is 0. The molecule has 1 aromatic heterocycles. The first-order chi connectivity index (χ1) is 9.38. The van der Waals surface area contributed by atoms with Crippen LogP contribution in [0.5, 0.6) is 0 Å². The molecule has 1 heterocycles. The Labute approximate surface area is 116 Å². The highest BCUT2D eigenvalue weighted by Crippen LogP contribution is 2.20. The van der Waals surface area contributed by atoms with E-state index in [0.29, 0.717) is 17.5 Å². The van der Waals surface area contributed by atoms with Gasteiger partial charge >= 0.3 is 5.82 Å². The second-order valence-electron chi connectivity index (χ2n) is 4.48. The van der Waals surface area contributed by atoms with Gasteiger partial charge in [-0.2, -0.15) is 0 Å². The van der Waals surface area contributed by atoms with E-state index < -0.39 is 10.8 Å². The summed E-state index contributed by atoms with van der Waals surface area (Å²) in [5.74, 6) is -1.21. The Morgan fingerprint density at radius 1 is 1.35 bits per heavy atom. The van der Waals surface area contributed by atoms with Crippen LogP contribution in [-0.4, -0.2) is 21.7 Å². The number of aromatic nitrogens is 1. The fourth-order valence-electron chi connectivity index (χ4n) is 1.70. The molecule has 0 saturated heterocycles. The lowest BCUT2D eigenvalue weighted by Crippen LogP contribution is -2.31. The third kappa shape index (κ3) is 3.59. The lowest BCUT2D eigenvalue weighted by Gasteiger charge is -2.07. The number of carbonyl (C=O) groups is 2. The van der Waals surface area contributed by atoms with Crippen molar-refractivity contribution in [2.24, 2.45) is 0 Å². The van der Waals surface area contributed by atoms with Gasteiger partial charge in [0.2, 0.25) is 5.91 Å². The van der Waals surface area contributed by atoms with Crippen LogP contribution < -0.4 is 5.32 Å². The average molecular weight is 279 g/mol. The molecule has 2 amide bonds. The Morgan fingerprint density at radius 3 is 2.55 bits per heavy atom. The third-order valence-corrected chi connectivity index (χ3v) is 3.05. The minimum atomic E-state index is -0.601. The molecule has 0 radical (unpaired) electrons. The molecule has 0 fully saturated rings. The van der Waals surface area contributed by atoms with Crippen LogP contribution >= 0.6 is 0 Å². The fraction of sp³-hybridized carbons (Fsp3) is 0.462. The summed E-state index contributed by atoms with van der Waals surface area (Å²) in [6.45, 7) is 5.06. The molecule has 0 atom stereocenters. The number of carbonyl (C=O) groups excluding carboxylic acids is 2. The van der Waals surface area contributed by atoms with Crippen LogP contribution in [0.3, 0.4) is 0 Å². The van der Waals surface area contributed by atoms with Gasteiger partial charge < -0.3 is 10.1 Å². The molecule has 0 aromatic carbocycles. The molecular formula is C13H17N3O4. The number of hydrogen-bond donors (Lipinski definition) is 1. The lowest BCUT2D eigenvalue weighted by molar-refractivity contribution is -0.390. The van der Waals surface area contributed by atoms with E-state index in [-0.39, 0.29) is 23.7 Å². The quantitative estimate of drug-likeness (QED) is 0.656.